The molecule has 0 aromatic heterocycles. The fourth-order valence-electron chi connectivity index (χ4n) is 4.30. The van der Waals surface area contributed by atoms with Crippen LogP contribution in [0.1, 0.15) is 61.6 Å². The minimum atomic E-state index is -4.72. The molecule has 1 heterocycles. The number of hydrogen-bond acceptors (Lipinski definition) is 4. The summed E-state index contributed by atoms with van der Waals surface area (Å²) in [7, 11) is 0. The normalized spacial score (nSPS) is 18.5. The lowest BCUT2D eigenvalue weighted by atomic mass is 9.80. The first kappa shape index (κ1) is 26.8. The molecule has 0 bridgehead atoms. The monoisotopic (exact) mass is 515 g/mol. The number of nitrogens with one attached hydrogen (secondary N) is 1. The van der Waals surface area contributed by atoms with Crippen molar-refractivity contribution in [1.82, 2.24) is 10.2 Å². The zero-order valence-corrected chi connectivity index (χ0v) is 20.1. The lowest BCUT2D eigenvalue weighted by Crippen LogP contribution is -2.63. The van der Waals surface area contributed by atoms with Crippen LogP contribution in [0.15, 0.2) is 18.2 Å². The highest BCUT2D eigenvalue weighted by molar-refractivity contribution is 6.49. The van der Waals surface area contributed by atoms with Gasteiger partial charge in [0.1, 0.15) is 5.75 Å². The van der Waals surface area contributed by atoms with Crippen molar-refractivity contribution in [2.75, 3.05) is 19.6 Å². The van der Waals surface area contributed by atoms with Crippen molar-refractivity contribution in [3.05, 3.63) is 34.9 Å². The smallest absolute Gasteiger partial charge is 0.419 e. The van der Waals surface area contributed by atoms with E-state index in [0.717, 1.165) is 18.9 Å². The largest absolute Gasteiger partial charge is 0.507 e. The fourth-order valence-corrected chi connectivity index (χ4v) is 4.56. The number of nitrogens with zero attached hydrogens (tertiary/aromatic N) is 1. The highest BCUT2D eigenvalue weighted by atomic mass is 35.5. The van der Waals surface area contributed by atoms with Gasteiger partial charge in [-0.1, -0.05) is 17.7 Å². The molecule has 192 valence electrons. The van der Waals surface area contributed by atoms with Gasteiger partial charge in [0, 0.05) is 36.1 Å². The first-order chi connectivity index (χ1) is 16.4. The molecule has 2 aliphatic rings. The molecular formula is C24H29ClF3N3O4. The molecule has 1 aliphatic carbocycles. The van der Waals surface area contributed by atoms with Crippen molar-refractivity contribution >= 4 is 34.9 Å². The molecule has 1 aliphatic heterocycles. The number of halogens is 4. The first-order valence-electron chi connectivity index (χ1n) is 11.4. The summed E-state index contributed by atoms with van der Waals surface area (Å²) in [5.41, 5.74) is 3.89. The van der Waals surface area contributed by atoms with Crippen LogP contribution in [0.5, 0.6) is 5.75 Å². The Morgan fingerprint density at radius 1 is 1.31 bits per heavy atom. The molecule has 1 aromatic carbocycles. The molecule has 3 rings (SSSR count). The number of nitrogens with two attached hydrogens (primary N) is 1. The van der Waals surface area contributed by atoms with Crippen molar-refractivity contribution < 1.29 is 32.7 Å². The van der Waals surface area contributed by atoms with E-state index < -0.39 is 34.7 Å². The number of carbonyl (C=O) groups is 3. The minimum Gasteiger partial charge on any atom is -0.507 e. The predicted molar refractivity (Wildman–Crippen MR) is 124 cm³/mol. The van der Waals surface area contributed by atoms with Crippen LogP contribution in [0.25, 0.3) is 5.03 Å². The average Bonchev–Trinajstić information content (AvgIpc) is 3.60. The number of phenols is 1. The Morgan fingerprint density at radius 2 is 1.97 bits per heavy atom. The molecule has 1 atom stereocenters. The summed E-state index contributed by atoms with van der Waals surface area (Å²) in [5, 5.41) is 12.8. The van der Waals surface area contributed by atoms with E-state index >= 15 is 0 Å². The van der Waals surface area contributed by atoms with Crippen LogP contribution < -0.4 is 11.1 Å². The number of allylic oxidation sites excluding steroid dienone is 1. The molecule has 0 radical (unpaired) electrons. The van der Waals surface area contributed by atoms with Gasteiger partial charge in [0.15, 0.2) is 0 Å². The van der Waals surface area contributed by atoms with Crippen molar-refractivity contribution in [1.29, 1.82) is 0 Å². The zero-order chi connectivity index (χ0) is 26.0. The van der Waals surface area contributed by atoms with E-state index in [1.807, 2.05) is 0 Å². The van der Waals surface area contributed by atoms with Gasteiger partial charge in [0.05, 0.1) is 11.0 Å². The van der Waals surface area contributed by atoms with Gasteiger partial charge < -0.3 is 21.1 Å². The number of phenolic OH excluding ortho intramolecular Hbond substituents is 1. The van der Waals surface area contributed by atoms with Gasteiger partial charge in [0.2, 0.25) is 18.2 Å². The van der Waals surface area contributed by atoms with Crippen LogP contribution in [0.2, 0.25) is 0 Å². The second kappa shape index (κ2) is 10.5. The summed E-state index contributed by atoms with van der Waals surface area (Å²) in [6.07, 6.45) is -0.224. The Kier molecular flexibility index (Phi) is 8.03. The molecular weight excluding hydrogens is 487 g/mol. The standard InChI is InChI=1S/C24H29ClF3N3O4/c1-23(22(29)35)11-31(12-23)21(34)15(7-8-30-13-32)3-2-4-19(25)17-9-16(14-5-6-14)10-18(20(17)33)24(26,27)28/h4,9-10,13-15,33H,2-3,5-8,11-12H2,1H3,(H2,29,35)(H,30,32)/b19-4-. The molecule has 1 saturated carbocycles. The number of benzene rings is 1. The number of carbonyl (C=O) groups excluding carboxylic acids is 3. The number of rotatable bonds is 11. The first-order valence-corrected chi connectivity index (χ1v) is 11.8. The second-order valence-corrected chi connectivity index (χ2v) is 9.95. The molecule has 1 aromatic rings. The highest BCUT2D eigenvalue weighted by Gasteiger charge is 2.47. The van der Waals surface area contributed by atoms with Crippen LogP contribution in [-0.2, 0) is 20.6 Å². The van der Waals surface area contributed by atoms with Crippen LogP contribution in [0.3, 0.4) is 0 Å². The summed E-state index contributed by atoms with van der Waals surface area (Å²) in [4.78, 5) is 36.6. The Bertz CT molecular complexity index is 1020. The minimum absolute atomic E-state index is 0.0230. The summed E-state index contributed by atoms with van der Waals surface area (Å²) in [6.45, 7) is 2.36. The quantitative estimate of drug-likeness (QED) is 0.308. The zero-order valence-electron chi connectivity index (χ0n) is 19.3. The van der Waals surface area contributed by atoms with Gasteiger partial charge in [-0.25, -0.2) is 0 Å². The van der Waals surface area contributed by atoms with Crippen LogP contribution in [0.4, 0.5) is 13.2 Å². The summed E-state index contributed by atoms with van der Waals surface area (Å²) in [6, 6.07) is 2.46. The third-order valence-electron chi connectivity index (χ3n) is 6.64. The van der Waals surface area contributed by atoms with E-state index in [2.05, 4.69) is 5.32 Å². The lowest BCUT2D eigenvalue weighted by molar-refractivity contribution is -0.153. The summed E-state index contributed by atoms with van der Waals surface area (Å²) >= 11 is 6.32. The average molecular weight is 516 g/mol. The summed E-state index contributed by atoms with van der Waals surface area (Å²) in [5.74, 6) is -2.08. The number of amides is 3. The summed E-state index contributed by atoms with van der Waals surface area (Å²) < 4.78 is 40.3. The molecule has 2 fully saturated rings. The van der Waals surface area contributed by atoms with Crippen molar-refractivity contribution in [2.45, 2.75) is 51.1 Å². The molecule has 1 unspecified atom stereocenters. The van der Waals surface area contributed by atoms with E-state index in [1.54, 1.807) is 6.92 Å². The maximum atomic E-state index is 13.4. The van der Waals surface area contributed by atoms with Crippen molar-refractivity contribution in [2.24, 2.45) is 17.1 Å². The molecule has 7 nitrogen and oxygen atoms in total. The Balaban J connectivity index is 1.73. The third-order valence-corrected chi connectivity index (χ3v) is 7.00. The van der Waals surface area contributed by atoms with Gasteiger partial charge in [0.25, 0.3) is 0 Å². The maximum absolute atomic E-state index is 13.4. The van der Waals surface area contributed by atoms with Crippen molar-refractivity contribution in [3.8, 4) is 5.75 Å². The van der Waals surface area contributed by atoms with Gasteiger partial charge in [-0.05, 0) is 62.6 Å². The molecule has 0 spiro atoms. The highest BCUT2D eigenvalue weighted by Crippen LogP contribution is 2.47. The third kappa shape index (κ3) is 6.28. The molecule has 11 heteroatoms. The van der Waals surface area contributed by atoms with Gasteiger partial charge >= 0.3 is 6.18 Å². The topological polar surface area (TPSA) is 113 Å². The number of hydrogen-bond donors (Lipinski definition) is 3. The number of likely N-dealkylation sites (tertiary alicyclic amines) is 1. The Hall–Kier alpha value is -2.75. The number of aromatic hydroxyl groups is 1. The molecule has 35 heavy (non-hydrogen) atoms. The van der Waals surface area contributed by atoms with Crippen LogP contribution in [0, 0.1) is 11.3 Å². The van der Waals surface area contributed by atoms with Gasteiger partial charge in [-0.3, -0.25) is 14.4 Å². The Labute approximate surface area is 206 Å². The molecule has 1 saturated heterocycles. The molecule has 3 amide bonds. The SMILES string of the molecule is CC1(C(N)=O)CN(C(=O)C(CC/C=C(\Cl)c2cc(C3CC3)cc(C(F)(F)F)c2O)CCNC=O)C1. The van der Waals surface area contributed by atoms with E-state index in [1.165, 1.54) is 17.0 Å². The second-order valence-electron chi connectivity index (χ2n) is 9.54. The van der Waals surface area contributed by atoms with E-state index in [-0.39, 0.29) is 48.5 Å². The van der Waals surface area contributed by atoms with E-state index in [9.17, 15) is 32.7 Å². The van der Waals surface area contributed by atoms with E-state index in [0.29, 0.717) is 24.8 Å². The Morgan fingerprint density at radius 3 is 2.51 bits per heavy atom. The lowest BCUT2D eigenvalue weighted by Gasteiger charge is -2.47. The fraction of sp³-hybridized carbons (Fsp3) is 0.542. The van der Waals surface area contributed by atoms with E-state index in [4.69, 9.17) is 17.3 Å². The molecule has 4 N–H and O–H groups in total. The van der Waals surface area contributed by atoms with Crippen molar-refractivity contribution in [3.63, 3.8) is 0 Å². The number of alkyl halides is 3. The van der Waals surface area contributed by atoms with Gasteiger partial charge in [-0.15, -0.1) is 0 Å². The number of primary amides is 1. The maximum Gasteiger partial charge on any atom is 0.419 e. The van der Waals surface area contributed by atoms with Crippen LogP contribution >= 0.6 is 11.6 Å². The predicted octanol–water partition coefficient (Wildman–Crippen LogP) is 3.73. The van der Waals surface area contributed by atoms with Crippen LogP contribution in [-0.4, -0.2) is 47.9 Å². The van der Waals surface area contributed by atoms with Gasteiger partial charge in [-0.2, -0.15) is 13.2 Å².